The molecule has 1 aromatic carbocycles. The Morgan fingerprint density at radius 3 is 2.71 bits per heavy atom. The summed E-state index contributed by atoms with van der Waals surface area (Å²) in [6.45, 7) is 5.85. The maximum absolute atomic E-state index is 11.5. The summed E-state index contributed by atoms with van der Waals surface area (Å²) >= 11 is 0. The summed E-state index contributed by atoms with van der Waals surface area (Å²) in [4.78, 5) is 11.5. The molecule has 0 aromatic heterocycles. The summed E-state index contributed by atoms with van der Waals surface area (Å²) in [6.07, 6.45) is 0. The quantitative estimate of drug-likeness (QED) is 0.783. The van der Waals surface area contributed by atoms with E-state index in [4.69, 9.17) is 4.74 Å². The molecule has 1 aromatic rings. The van der Waals surface area contributed by atoms with E-state index in [1.807, 2.05) is 19.1 Å². The van der Waals surface area contributed by atoms with Crippen LogP contribution in [0.3, 0.4) is 0 Å². The molecule has 1 rings (SSSR count). The standard InChI is InChI=1S/C13H19NO3/c1-9-5-6-11(15)10(7-9)8-14-13(2,3)12(16)17-4/h5-7,14-15H,8H2,1-4H3. The van der Waals surface area contributed by atoms with Gasteiger partial charge in [0.15, 0.2) is 0 Å². The molecule has 0 aliphatic carbocycles. The Morgan fingerprint density at radius 1 is 1.47 bits per heavy atom. The highest BCUT2D eigenvalue weighted by molar-refractivity contribution is 5.79. The second kappa shape index (κ2) is 5.19. The van der Waals surface area contributed by atoms with E-state index in [-0.39, 0.29) is 11.7 Å². The van der Waals surface area contributed by atoms with Crippen molar-refractivity contribution in [1.82, 2.24) is 5.32 Å². The van der Waals surface area contributed by atoms with Gasteiger partial charge in [0.05, 0.1) is 7.11 Å². The molecule has 0 saturated heterocycles. The minimum Gasteiger partial charge on any atom is -0.508 e. The summed E-state index contributed by atoms with van der Waals surface area (Å²) in [7, 11) is 1.36. The van der Waals surface area contributed by atoms with E-state index in [1.54, 1.807) is 19.9 Å². The highest BCUT2D eigenvalue weighted by atomic mass is 16.5. The monoisotopic (exact) mass is 237 g/mol. The number of methoxy groups -OCH3 is 1. The SMILES string of the molecule is COC(=O)C(C)(C)NCc1cc(C)ccc1O. The van der Waals surface area contributed by atoms with E-state index in [0.29, 0.717) is 6.54 Å². The molecule has 0 saturated carbocycles. The molecular weight excluding hydrogens is 218 g/mol. The molecule has 0 amide bonds. The zero-order chi connectivity index (χ0) is 13.1. The molecule has 0 heterocycles. The van der Waals surface area contributed by atoms with E-state index >= 15 is 0 Å². The normalized spacial score (nSPS) is 11.3. The zero-order valence-corrected chi connectivity index (χ0v) is 10.7. The Hall–Kier alpha value is -1.55. The van der Waals surface area contributed by atoms with Crippen molar-refractivity contribution in [3.05, 3.63) is 29.3 Å². The summed E-state index contributed by atoms with van der Waals surface area (Å²) in [5.41, 5.74) is 1.06. The molecule has 0 bridgehead atoms. The Kier molecular flexibility index (Phi) is 4.12. The number of esters is 1. The van der Waals surface area contributed by atoms with Crippen LogP contribution in [-0.4, -0.2) is 23.7 Å². The van der Waals surface area contributed by atoms with E-state index in [1.165, 1.54) is 7.11 Å². The molecule has 0 aliphatic rings. The molecule has 0 radical (unpaired) electrons. The first-order valence-corrected chi connectivity index (χ1v) is 5.49. The average molecular weight is 237 g/mol. The van der Waals surface area contributed by atoms with Crippen LogP contribution in [0.25, 0.3) is 0 Å². The van der Waals surface area contributed by atoms with Crippen LogP contribution in [-0.2, 0) is 16.1 Å². The molecule has 0 aliphatic heterocycles. The first-order chi connectivity index (χ1) is 7.86. The number of aryl methyl sites for hydroxylation is 1. The average Bonchev–Trinajstić information content (AvgIpc) is 2.29. The maximum atomic E-state index is 11.5. The highest BCUT2D eigenvalue weighted by Gasteiger charge is 2.27. The second-order valence-corrected chi connectivity index (χ2v) is 4.60. The molecule has 0 unspecified atom stereocenters. The van der Waals surface area contributed by atoms with Gasteiger partial charge in [-0.2, -0.15) is 0 Å². The molecular formula is C13H19NO3. The summed E-state index contributed by atoms with van der Waals surface area (Å²) in [5, 5.41) is 12.7. The predicted octanol–water partition coefficient (Wildman–Crippen LogP) is 1.74. The van der Waals surface area contributed by atoms with Crippen molar-refractivity contribution in [2.45, 2.75) is 32.9 Å². The molecule has 94 valence electrons. The predicted molar refractivity (Wildman–Crippen MR) is 65.8 cm³/mol. The lowest BCUT2D eigenvalue weighted by Crippen LogP contribution is -2.46. The summed E-state index contributed by atoms with van der Waals surface area (Å²) < 4.78 is 4.69. The number of nitrogens with one attached hydrogen (secondary N) is 1. The van der Waals surface area contributed by atoms with Crippen LogP contribution >= 0.6 is 0 Å². The van der Waals surface area contributed by atoms with Gasteiger partial charge < -0.3 is 9.84 Å². The van der Waals surface area contributed by atoms with Crippen LogP contribution < -0.4 is 5.32 Å². The molecule has 17 heavy (non-hydrogen) atoms. The van der Waals surface area contributed by atoms with Crippen molar-refractivity contribution < 1.29 is 14.6 Å². The van der Waals surface area contributed by atoms with Crippen LogP contribution in [0.1, 0.15) is 25.0 Å². The number of hydrogen-bond acceptors (Lipinski definition) is 4. The van der Waals surface area contributed by atoms with Crippen LogP contribution in [0.4, 0.5) is 0 Å². The number of phenols is 1. The Labute approximate surface area is 102 Å². The van der Waals surface area contributed by atoms with Gasteiger partial charge in [0.2, 0.25) is 0 Å². The van der Waals surface area contributed by atoms with Gasteiger partial charge in [-0.25, -0.2) is 0 Å². The maximum Gasteiger partial charge on any atom is 0.325 e. The number of carbonyl (C=O) groups is 1. The first-order valence-electron chi connectivity index (χ1n) is 5.49. The zero-order valence-electron chi connectivity index (χ0n) is 10.7. The van der Waals surface area contributed by atoms with Crippen LogP contribution in [0, 0.1) is 6.92 Å². The molecule has 0 fully saturated rings. The van der Waals surface area contributed by atoms with Crippen LogP contribution in [0.5, 0.6) is 5.75 Å². The number of aromatic hydroxyl groups is 1. The minimum absolute atomic E-state index is 0.226. The van der Waals surface area contributed by atoms with Crippen molar-refractivity contribution in [2.75, 3.05) is 7.11 Å². The lowest BCUT2D eigenvalue weighted by atomic mass is 10.0. The second-order valence-electron chi connectivity index (χ2n) is 4.60. The highest BCUT2D eigenvalue weighted by Crippen LogP contribution is 2.19. The fourth-order valence-electron chi connectivity index (χ4n) is 1.50. The number of carbonyl (C=O) groups excluding carboxylic acids is 1. The largest absolute Gasteiger partial charge is 0.508 e. The van der Waals surface area contributed by atoms with Crippen LogP contribution in [0.15, 0.2) is 18.2 Å². The minimum atomic E-state index is -0.773. The number of ether oxygens (including phenoxy) is 1. The Balaban J connectivity index is 2.73. The molecule has 0 atom stereocenters. The van der Waals surface area contributed by atoms with E-state index in [2.05, 4.69) is 5.32 Å². The lowest BCUT2D eigenvalue weighted by Gasteiger charge is -2.23. The Bertz CT molecular complexity index is 413. The lowest BCUT2D eigenvalue weighted by molar-refractivity contribution is -0.147. The van der Waals surface area contributed by atoms with Crippen molar-refractivity contribution in [3.8, 4) is 5.75 Å². The number of rotatable bonds is 4. The van der Waals surface area contributed by atoms with Gasteiger partial charge in [-0.05, 0) is 26.8 Å². The van der Waals surface area contributed by atoms with Gasteiger partial charge in [0.1, 0.15) is 11.3 Å². The van der Waals surface area contributed by atoms with E-state index < -0.39 is 5.54 Å². The first kappa shape index (κ1) is 13.5. The fraction of sp³-hybridized carbons (Fsp3) is 0.462. The Morgan fingerprint density at radius 2 is 2.12 bits per heavy atom. The molecule has 4 heteroatoms. The van der Waals surface area contributed by atoms with Crippen LogP contribution in [0.2, 0.25) is 0 Å². The van der Waals surface area contributed by atoms with Gasteiger partial charge in [-0.3, -0.25) is 10.1 Å². The van der Waals surface area contributed by atoms with Crippen molar-refractivity contribution in [3.63, 3.8) is 0 Å². The van der Waals surface area contributed by atoms with Crippen molar-refractivity contribution in [2.24, 2.45) is 0 Å². The van der Waals surface area contributed by atoms with Crippen molar-refractivity contribution >= 4 is 5.97 Å². The summed E-state index contributed by atoms with van der Waals surface area (Å²) in [5.74, 6) is -0.103. The molecule has 4 nitrogen and oxygen atoms in total. The third-order valence-corrected chi connectivity index (χ3v) is 2.65. The summed E-state index contributed by atoms with van der Waals surface area (Å²) in [6, 6.07) is 5.37. The van der Waals surface area contributed by atoms with Gasteiger partial charge in [-0.15, -0.1) is 0 Å². The van der Waals surface area contributed by atoms with Gasteiger partial charge in [0, 0.05) is 12.1 Å². The topological polar surface area (TPSA) is 58.6 Å². The number of phenolic OH excluding ortho intramolecular Hbond substituents is 1. The number of benzene rings is 1. The number of hydrogen-bond donors (Lipinski definition) is 2. The van der Waals surface area contributed by atoms with Gasteiger partial charge in [-0.1, -0.05) is 17.7 Å². The fourth-order valence-corrected chi connectivity index (χ4v) is 1.50. The van der Waals surface area contributed by atoms with Gasteiger partial charge in [0.25, 0.3) is 0 Å². The molecule has 2 N–H and O–H groups in total. The van der Waals surface area contributed by atoms with E-state index in [0.717, 1.165) is 11.1 Å². The van der Waals surface area contributed by atoms with E-state index in [9.17, 15) is 9.90 Å². The van der Waals surface area contributed by atoms with Gasteiger partial charge >= 0.3 is 5.97 Å². The molecule has 0 spiro atoms. The third-order valence-electron chi connectivity index (χ3n) is 2.65. The third kappa shape index (κ3) is 3.46. The smallest absolute Gasteiger partial charge is 0.325 e. The van der Waals surface area contributed by atoms with Crippen molar-refractivity contribution in [1.29, 1.82) is 0 Å².